The summed E-state index contributed by atoms with van der Waals surface area (Å²) in [6, 6.07) is 59.3. The van der Waals surface area contributed by atoms with Gasteiger partial charge in [-0.1, -0.05) is 97.8 Å². The minimum Gasteiger partial charge on any atom is -0.311 e. The van der Waals surface area contributed by atoms with Gasteiger partial charge in [0.1, 0.15) is 0 Å². The van der Waals surface area contributed by atoms with Crippen LogP contribution in [0.3, 0.4) is 0 Å². The fourth-order valence-electron chi connectivity index (χ4n) is 7.56. The molecule has 4 nitrogen and oxygen atoms in total. The lowest BCUT2D eigenvalue weighted by Crippen LogP contribution is -2.16. The number of hydrogen-bond donors (Lipinski definition) is 0. The van der Waals surface area contributed by atoms with Crippen LogP contribution in [0, 0.1) is 36.5 Å². The van der Waals surface area contributed by atoms with Crippen molar-refractivity contribution in [3.63, 3.8) is 0 Å². The number of anilines is 6. The summed E-state index contributed by atoms with van der Waals surface area (Å²) in [5.74, 6) is 0. The first-order valence-corrected chi connectivity index (χ1v) is 18.5. The molecule has 1 aliphatic rings. The predicted octanol–water partition coefficient (Wildman–Crippen LogP) is 13.5. The van der Waals surface area contributed by atoms with Gasteiger partial charge in [-0.05, 0) is 144 Å². The quantitative estimate of drug-likeness (QED) is 0.148. The zero-order valence-electron chi connectivity index (χ0n) is 31.5. The van der Waals surface area contributed by atoms with Gasteiger partial charge in [-0.25, -0.2) is 0 Å². The molecule has 0 fully saturated rings. The van der Waals surface area contributed by atoms with Crippen molar-refractivity contribution < 1.29 is 0 Å². The number of benzene rings is 7. The minimum absolute atomic E-state index is 0.208. The summed E-state index contributed by atoms with van der Waals surface area (Å²) in [5, 5.41) is 18.8. The first-order chi connectivity index (χ1) is 26.7. The molecular formula is C51H40N4. The molecule has 7 aromatic carbocycles. The highest BCUT2D eigenvalue weighted by Gasteiger charge is 2.36. The summed E-state index contributed by atoms with van der Waals surface area (Å²) in [6.45, 7) is 8.83. The van der Waals surface area contributed by atoms with Crippen molar-refractivity contribution in [3.05, 3.63) is 202 Å². The first-order valence-electron chi connectivity index (χ1n) is 18.5. The molecule has 264 valence electrons. The SMILES string of the molecule is Cc1ccc(N(c2ccc(C#N)cc2)c2ccc(/C=C/c3ccc4c(c3)C(C)(C)c3cc(N(c5ccc(C)cc5)c5ccc(C#N)cc5)ccc3-4)cc2)cc1. The van der Waals surface area contributed by atoms with Crippen LogP contribution in [0.1, 0.15) is 58.4 Å². The lowest BCUT2D eigenvalue weighted by atomic mass is 9.81. The third-order valence-corrected chi connectivity index (χ3v) is 10.7. The molecule has 55 heavy (non-hydrogen) atoms. The van der Waals surface area contributed by atoms with Crippen molar-refractivity contribution in [2.75, 3.05) is 9.80 Å². The van der Waals surface area contributed by atoms with E-state index in [4.69, 9.17) is 0 Å². The maximum Gasteiger partial charge on any atom is 0.0991 e. The molecule has 8 rings (SSSR count). The molecule has 0 saturated heterocycles. The maximum atomic E-state index is 9.44. The van der Waals surface area contributed by atoms with E-state index in [9.17, 15) is 10.5 Å². The Hall–Kier alpha value is -7.14. The topological polar surface area (TPSA) is 54.1 Å². The van der Waals surface area contributed by atoms with Crippen LogP contribution in [0.25, 0.3) is 23.3 Å². The van der Waals surface area contributed by atoms with Gasteiger partial charge in [0.15, 0.2) is 0 Å². The Morgan fingerprint density at radius 2 is 0.764 bits per heavy atom. The van der Waals surface area contributed by atoms with Gasteiger partial charge in [0.2, 0.25) is 0 Å². The maximum absolute atomic E-state index is 9.44. The van der Waals surface area contributed by atoms with Crippen LogP contribution in [0.2, 0.25) is 0 Å². The van der Waals surface area contributed by atoms with Crippen LogP contribution >= 0.6 is 0 Å². The van der Waals surface area contributed by atoms with Crippen LogP contribution in [-0.4, -0.2) is 0 Å². The third kappa shape index (κ3) is 6.79. The molecule has 0 spiro atoms. The fraction of sp³-hybridized carbons (Fsp3) is 0.0980. The van der Waals surface area contributed by atoms with Gasteiger partial charge in [-0.15, -0.1) is 0 Å². The van der Waals surface area contributed by atoms with E-state index in [1.54, 1.807) is 0 Å². The smallest absolute Gasteiger partial charge is 0.0991 e. The summed E-state index contributed by atoms with van der Waals surface area (Å²) < 4.78 is 0. The van der Waals surface area contributed by atoms with Crippen molar-refractivity contribution >= 4 is 46.3 Å². The molecule has 0 heterocycles. The van der Waals surface area contributed by atoms with Crippen LogP contribution in [-0.2, 0) is 5.41 Å². The van der Waals surface area contributed by atoms with Crippen molar-refractivity contribution in [1.29, 1.82) is 10.5 Å². The van der Waals surface area contributed by atoms with Crippen molar-refractivity contribution in [1.82, 2.24) is 0 Å². The monoisotopic (exact) mass is 708 g/mol. The second kappa shape index (κ2) is 14.4. The standard InChI is InChI=1S/C51H40N4/c1-35-5-18-41(19-6-35)54(44-24-13-39(33-52)14-25-44)43-22-11-37(12-23-43)9-10-38-17-29-47-48-30-28-46(32-50(48)51(3,4)49(47)31-38)55(42-20-7-36(2)8-21-42)45-26-15-40(34-53)16-27-45/h5-32H,1-4H3/b10-9+. The lowest BCUT2D eigenvalue weighted by Gasteiger charge is -2.28. The molecule has 0 N–H and O–H groups in total. The zero-order valence-corrected chi connectivity index (χ0v) is 31.5. The number of rotatable bonds is 8. The molecule has 1 aliphatic carbocycles. The number of aryl methyl sites for hydroxylation is 2. The molecule has 4 heteroatoms. The molecule has 0 aliphatic heterocycles. The highest BCUT2D eigenvalue weighted by molar-refractivity contribution is 5.87. The average Bonchev–Trinajstić information content (AvgIpc) is 3.44. The van der Waals surface area contributed by atoms with Gasteiger partial charge >= 0.3 is 0 Å². The third-order valence-electron chi connectivity index (χ3n) is 10.7. The van der Waals surface area contributed by atoms with Crippen molar-refractivity contribution in [2.45, 2.75) is 33.1 Å². The van der Waals surface area contributed by atoms with Gasteiger partial charge in [0.25, 0.3) is 0 Å². The van der Waals surface area contributed by atoms with E-state index in [1.165, 1.54) is 33.4 Å². The zero-order chi connectivity index (χ0) is 38.1. The summed E-state index contributed by atoms with van der Waals surface area (Å²) in [5.41, 5.74) is 17.2. The van der Waals surface area contributed by atoms with Gasteiger partial charge in [0.05, 0.1) is 23.3 Å². The average molecular weight is 709 g/mol. The van der Waals surface area contributed by atoms with Crippen molar-refractivity contribution in [2.24, 2.45) is 0 Å². The van der Waals surface area contributed by atoms with E-state index in [0.717, 1.165) is 45.3 Å². The second-order valence-electron chi connectivity index (χ2n) is 14.7. The van der Waals surface area contributed by atoms with E-state index in [0.29, 0.717) is 11.1 Å². The fourth-order valence-corrected chi connectivity index (χ4v) is 7.56. The first kappa shape index (κ1) is 34.9. The number of fused-ring (bicyclic) bond motifs is 3. The molecule has 0 amide bonds. The molecule has 0 atom stereocenters. The summed E-state index contributed by atoms with van der Waals surface area (Å²) in [6.07, 6.45) is 4.37. The molecule has 0 aromatic heterocycles. The Morgan fingerprint density at radius 1 is 0.418 bits per heavy atom. The van der Waals surface area contributed by atoms with Gasteiger partial charge < -0.3 is 9.80 Å². The molecule has 0 saturated carbocycles. The van der Waals surface area contributed by atoms with Crippen LogP contribution in [0.4, 0.5) is 34.1 Å². The molecule has 7 aromatic rings. The van der Waals surface area contributed by atoms with Gasteiger partial charge in [-0.2, -0.15) is 10.5 Å². The Bertz CT molecular complexity index is 2620. The number of nitriles is 2. The van der Waals surface area contributed by atoms with E-state index in [2.05, 4.69) is 171 Å². The van der Waals surface area contributed by atoms with Gasteiger partial charge in [-0.3, -0.25) is 0 Å². The Labute approximate surface area is 324 Å². The molecular weight excluding hydrogens is 669 g/mol. The van der Waals surface area contributed by atoms with E-state index < -0.39 is 0 Å². The van der Waals surface area contributed by atoms with Crippen molar-refractivity contribution in [3.8, 4) is 23.3 Å². The minimum atomic E-state index is -0.208. The van der Waals surface area contributed by atoms with Crippen LogP contribution in [0.5, 0.6) is 0 Å². The van der Waals surface area contributed by atoms with Crippen LogP contribution in [0.15, 0.2) is 158 Å². The summed E-state index contributed by atoms with van der Waals surface area (Å²) in [7, 11) is 0. The highest BCUT2D eigenvalue weighted by Crippen LogP contribution is 2.51. The molecule has 0 unspecified atom stereocenters. The Kier molecular flexibility index (Phi) is 9.11. The molecule has 0 radical (unpaired) electrons. The van der Waals surface area contributed by atoms with E-state index >= 15 is 0 Å². The summed E-state index contributed by atoms with van der Waals surface area (Å²) in [4.78, 5) is 4.48. The van der Waals surface area contributed by atoms with Gasteiger partial charge in [0, 0.05) is 39.5 Å². The lowest BCUT2D eigenvalue weighted by molar-refractivity contribution is 0.660. The Morgan fingerprint density at radius 3 is 1.24 bits per heavy atom. The highest BCUT2D eigenvalue weighted by atomic mass is 15.1. The summed E-state index contributed by atoms with van der Waals surface area (Å²) >= 11 is 0. The Balaban J connectivity index is 1.07. The van der Waals surface area contributed by atoms with E-state index in [1.807, 2.05) is 48.5 Å². The molecule has 0 bridgehead atoms. The second-order valence-corrected chi connectivity index (χ2v) is 14.7. The van der Waals surface area contributed by atoms with E-state index in [-0.39, 0.29) is 5.41 Å². The largest absolute Gasteiger partial charge is 0.311 e. The number of hydrogen-bond acceptors (Lipinski definition) is 4. The predicted molar refractivity (Wildman–Crippen MR) is 228 cm³/mol. The normalized spacial score (nSPS) is 12.4. The number of nitrogens with zero attached hydrogens (tertiary/aromatic N) is 4. The van der Waals surface area contributed by atoms with Crippen LogP contribution < -0.4 is 9.80 Å².